The Bertz CT molecular complexity index is 548. The number of aliphatic carboxylic acids is 1. The first-order chi connectivity index (χ1) is 10.3. The second-order valence-electron chi connectivity index (χ2n) is 8.54. The third-order valence-corrected chi connectivity index (χ3v) is 7.07. The molecule has 0 unspecified atom stereocenters. The number of allylic oxidation sites excluding steroid dienone is 4. The Morgan fingerprint density at radius 2 is 2.00 bits per heavy atom. The Morgan fingerprint density at radius 1 is 1.30 bits per heavy atom. The van der Waals surface area contributed by atoms with Crippen molar-refractivity contribution in [2.75, 3.05) is 0 Å². The van der Waals surface area contributed by atoms with Gasteiger partial charge in [-0.3, -0.25) is 4.79 Å². The SMILES string of the molecule is CC(C)C1=CC2=CC[C@@H]3[C@](C)(CCC[C@@]3(C)C(=O)O)[C@H]2CC1.[Sr]. The normalized spacial score (nSPS) is 39.5. The summed E-state index contributed by atoms with van der Waals surface area (Å²) in [6.45, 7) is 8.93. The molecule has 124 valence electrons. The molecule has 3 aliphatic rings. The molecule has 3 heteroatoms. The summed E-state index contributed by atoms with van der Waals surface area (Å²) in [5, 5.41) is 9.83. The molecule has 3 rings (SSSR count). The number of carboxylic acid groups (broad SMARTS) is 1. The van der Waals surface area contributed by atoms with Gasteiger partial charge in [-0.25, -0.2) is 0 Å². The predicted octanol–water partition coefficient (Wildman–Crippen LogP) is 4.83. The number of hydrogen-bond acceptors (Lipinski definition) is 1. The first-order valence-electron chi connectivity index (χ1n) is 8.93. The van der Waals surface area contributed by atoms with Crippen LogP contribution in [-0.2, 0) is 4.79 Å². The van der Waals surface area contributed by atoms with Crippen LogP contribution in [0.1, 0.15) is 66.2 Å². The maximum Gasteiger partial charge on any atom is 0.309 e. The van der Waals surface area contributed by atoms with Gasteiger partial charge >= 0.3 is 5.97 Å². The summed E-state index contributed by atoms with van der Waals surface area (Å²) in [7, 11) is 0. The van der Waals surface area contributed by atoms with Gasteiger partial charge in [-0.05, 0) is 67.8 Å². The minimum Gasteiger partial charge on any atom is -0.481 e. The molecule has 3 aliphatic carbocycles. The minimum absolute atomic E-state index is 0. The van der Waals surface area contributed by atoms with Crippen LogP contribution in [0.5, 0.6) is 0 Å². The van der Waals surface area contributed by atoms with E-state index in [0.717, 1.165) is 19.3 Å². The van der Waals surface area contributed by atoms with E-state index >= 15 is 0 Å². The number of hydrogen-bond donors (Lipinski definition) is 1. The number of fused-ring (bicyclic) bond motifs is 3. The summed E-state index contributed by atoms with van der Waals surface area (Å²) in [4.78, 5) is 11.9. The summed E-state index contributed by atoms with van der Waals surface area (Å²) in [6, 6.07) is 0. The van der Waals surface area contributed by atoms with E-state index in [-0.39, 0.29) is 56.8 Å². The summed E-state index contributed by atoms with van der Waals surface area (Å²) in [5.41, 5.74) is 2.69. The van der Waals surface area contributed by atoms with Gasteiger partial charge < -0.3 is 5.11 Å². The average Bonchev–Trinajstić information content (AvgIpc) is 2.46. The number of rotatable bonds is 2. The molecule has 0 aromatic heterocycles. The molecule has 2 radical (unpaired) electrons. The van der Waals surface area contributed by atoms with Crippen molar-refractivity contribution in [3.05, 3.63) is 23.3 Å². The first kappa shape index (κ1) is 19.8. The van der Waals surface area contributed by atoms with E-state index < -0.39 is 11.4 Å². The van der Waals surface area contributed by atoms with Crippen LogP contribution < -0.4 is 0 Å². The van der Waals surface area contributed by atoms with Crippen LogP contribution in [0.2, 0.25) is 0 Å². The maximum atomic E-state index is 11.9. The van der Waals surface area contributed by atoms with Crippen molar-refractivity contribution in [3.63, 3.8) is 0 Å². The summed E-state index contributed by atoms with van der Waals surface area (Å²) in [5.74, 6) is 0.888. The van der Waals surface area contributed by atoms with Crippen molar-refractivity contribution in [2.24, 2.45) is 28.6 Å². The van der Waals surface area contributed by atoms with Gasteiger partial charge in [0, 0.05) is 45.5 Å². The Labute approximate surface area is 178 Å². The van der Waals surface area contributed by atoms with Gasteiger partial charge in [0.25, 0.3) is 0 Å². The zero-order valence-electron chi connectivity index (χ0n) is 15.2. The second-order valence-corrected chi connectivity index (χ2v) is 8.54. The van der Waals surface area contributed by atoms with Crippen LogP contribution >= 0.6 is 0 Å². The van der Waals surface area contributed by atoms with Crippen molar-refractivity contribution in [1.82, 2.24) is 0 Å². The fraction of sp³-hybridized carbons (Fsp3) is 0.750. The van der Waals surface area contributed by atoms with Crippen LogP contribution in [0.4, 0.5) is 0 Å². The molecule has 0 spiro atoms. The van der Waals surface area contributed by atoms with Crippen molar-refractivity contribution in [3.8, 4) is 0 Å². The fourth-order valence-corrected chi connectivity index (χ4v) is 5.60. The molecule has 0 aliphatic heterocycles. The van der Waals surface area contributed by atoms with E-state index in [4.69, 9.17) is 0 Å². The van der Waals surface area contributed by atoms with Gasteiger partial charge in [0.05, 0.1) is 5.41 Å². The Balaban J connectivity index is 0.00000192. The van der Waals surface area contributed by atoms with Crippen LogP contribution in [0.15, 0.2) is 23.3 Å². The van der Waals surface area contributed by atoms with Gasteiger partial charge in [0.1, 0.15) is 0 Å². The largest absolute Gasteiger partial charge is 0.481 e. The van der Waals surface area contributed by atoms with E-state index in [2.05, 4.69) is 32.9 Å². The Kier molecular flexibility index (Phi) is 5.99. The molecule has 0 bridgehead atoms. The van der Waals surface area contributed by atoms with Crippen LogP contribution in [0.3, 0.4) is 0 Å². The minimum atomic E-state index is -0.588. The van der Waals surface area contributed by atoms with Crippen molar-refractivity contribution >= 4 is 51.5 Å². The van der Waals surface area contributed by atoms with Crippen LogP contribution in [-0.4, -0.2) is 56.6 Å². The topological polar surface area (TPSA) is 37.3 Å². The van der Waals surface area contributed by atoms with E-state index in [1.165, 1.54) is 24.8 Å². The molecule has 0 aromatic carbocycles. The van der Waals surface area contributed by atoms with Crippen LogP contribution in [0, 0.1) is 28.6 Å². The van der Waals surface area contributed by atoms with E-state index in [1.807, 2.05) is 6.92 Å². The molecular formula is C20H30O2Sr. The zero-order valence-corrected chi connectivity index (χ0v) is 18.7. The van der Waals surface area contributed by atoms with Gasteiger partial charge in [0.2, 0.25) is 0 Å². The monoisotopic (exact) mass is 390 g/mol. The molecule has 0 saturated heterocycles. The van der Waals surface area contributed by atoms with Gasteiger partial charge in [-0.1, -0.05) is 44.9 Å². The zero-order chi connectivity index (χ0) is 16.1. The smallest absolute Gasteiger partial charge is 0.309 e. The number of carbonyl (C=O) groups is 1. The van der Waals surface area contributed by atoms with Crippen molar-refractivity contribution in [1.29, 1.82) is 0 Å². The quantitative estimate of drug-likeness (QED) is 0.687. The fourth-order valence-electron chi connectivity index (χ4n) is 5.60. The third kappa shape index (κ3) is 3.16. The molecule has 4 atom stereocenters. The third-order valence-electron chi connectivity index (χ3n) is 7.07. The van der Waals surface area contributed by atoms with Gasteiger partial charge in [-0.15, -0.1) is 0 Å². The van der Waals surface area contributed by atoms with E-state index in [1.54, 1.807) is 5.57 Å². The maximum absolute atomic E-state index is 11.9. The van der Waals surface area contributed by atoms with E-state index in [9.17, 15) is 9.90 Å². The Morgan fingerprint density at radius 3 is 2.61 bits per heavy atom. The summed E-state index contributed by atoms with van der Waals surface area (Å²) in [6.07, 6.45) is 11.2. The molecule has 0 amide bonds. The van der Waals surface area contributed by atoms with Gasteiger partial charge in [-0.2, -0.15) is 0 Å². The van der Waals surface area contributed by atoms with Crippen molar-refractivity contribution in [2.45, 2.75) is 66.2 Å². The summed E-state index contributed by atoms with van der Waals surface area (Å²) < 4.78 is 0. The number of carboxylic acids is 1. The average molecular weight is 390 g/mol. The van der Waals surface area contributed by atoms with Gasteiger partial charge in [0.15, 0.2) is 0 Å². The molecule has 1 N–H and O–H groups in total. The predicted molar refractivity (Wildman–Crippen MR) is 95.3 cm³/mol. The molecule has 1 saturated carbocycles. The van der Waals surface area contributed by atoms with Crippen molar-refractivity contribution < 1.29 is 9.90 Å². The van der Waals surface area contributed by atoms with Crippen LogP contribution in [0.25, 0.3) is 0 Å². The molecule has 2 nitrogen and oxygen atoms in total. The van der Waals surface area contributed by atoms with E-state index in [0.29, 0.717) is 11.8 Å². The second kappa shape index (κ2) is 6.98. The Hall–Kier alpha value is 0.431. The first-order valence-corrected chi connectivity index (χ1v) is 8.93. The summed E-state index contributed by atoms with van der Waals surface area (Å²) >= 11 is 0. The molecule has 0 aromatic rings. The molecule has 0 heterocycles. The molecular weight excluding hydrogens is 360 g/mol. The molecule has 23 heavy (non-hydrogen) atoms. The standard InChI is InChI=1S/C20H30O2.Sr/c1-13(2)14-6-8-16-15(12-14)7-9-17-19(16,3)10-5-11-20(17,4)18(21)22;/h7,12-13,16-17H,5-6,8-11H2,1-4H3,(H,21,22);/t16-,17+,19+,20+;/m0./s1. The molecule has 1 fully saturated rings.